The van der Waals surface area contributed by atoms with Gasteiger partial charge in [-0.05, 0) is 18.4 Å². The van der Waals surface area contributed by atoms with E-state index in [0.29, 0.717) is 18.7 Å². The third-order valence-electron chi connectivity index (χ3n) is 2.90. The van der Waals surface area contributed by atoms with E-state index in [9.17, 15) is 18.5 Å². The molecule has 0 atom stereocenters. The summed E-state index contributed by atoms with van der Waals surface area (Å²) in [6, 6.07) is 4.32. The van der Waals surface area contributed by atoms with Gasteiger partial charge in [0, 0.05) is 25.7 Å². The number of nitrogens with one attached hydrogen (secondary N) is 1. The van der Waals surface area contributed by atoms with Gasteiger partial charge in [0.25, 0.3) is 5.69 Å². The largest absolute Gasteiger partial charge is 0.301 e. The zero-order valence-electron chi connectivity index (χ0n) is 9.79. The van der Waals surface area contributed by atoms with E-state index in [2.05, 4.69) is 4.72 Å². The van der Waals surface area contributed by atoms with Gasteiger partial charge >= 0.3 is 10.2 Å². The molecule has 0 amide bonds. The molecule has 0 bridgehead atoms. The molecule has 0 unspecified atom stereocenters. The van der Waals surface area contributed by atoms with Crippen LogP contribution in [0.25, 0.3) is 0 Å². The van der Waals surface area contributed by atoms with Crippen LogP contribution in [-0.2, 0) is 16.6 Å². The predicted octanol–water partition coefficient (Wildman–Crippen LogP) is 0.812. The number of nitrogens with zero attached hydrogens (tertiary/aromatic N) is 2. The van der Waals surface area contributed by atoms with Crippen LogP contribution in [0.15, 0.2) is 18.2 Å². The summed E-state index contributed by atoms with van der Waals surface area (Å²) in [4.78, 5) is 10.2. The Bertz CT molecular complexity index is 585. The Hall–Kier alpha value is -1.67. The van der Waals surface area contributed by atoms with Crippen LogP contribution in [0.4, 0.5) is 11.4 Å². The Morgan fingerprint density at radius 2 is 2.17 bits per heavy atom. The summed E-state index contributed by atoms with van der Waals surface area (Å²) < 4.78 is 27.1. The van der Waals surface area contributed by atoms with Crippen LogP contribution in [0, 0.1) is 10.1 Å². The number of aryl methyl sites for hydroxylation is 1. The monoisotopic (exact) mass is 271 g/mol. The smallest absolute Gasteiger partial charge is 0.258 e. The maximum absolute atomic E-state index is 11.8. The molecule has 1 aromatic carbocycles. The van der Waals surface area contributed by atoms with Gasteiger partial charge in [-0.25, -0.2) is 4.72 Å². The molecule has 0 aromatic heterocycles. The molecule has 18 heavy (non-hydrogen) atoms. The van der Waals surface area contributed by atoms with Gasteiger partial charge in [0.1, 0.15) is 0 Å². The Balaban J connectivity index is 2.54. The van der Waals surface area contributed by atoms with E-state index >= 15 is 0 Å². The molecule has 0 spiro atoms. The van der Waals surface area contributed by atoms with Crippen LogP contribution < -0.4 is 9.03 Å². The van der Waals surface area contributed by atoms with Gasteiger partial charge in [0.15, 0.2) is 0 Å². The van der Waals surface area contributed by atoms with Crippen molar-refractivity contribution >= 4 is 21.6 Å². The van der Waals surface area contributed by atoms with Gasteiger partial charge in [-0.2, -0.15) is 8.42 Å². The molecular formula is C10H13N3O4S. The summed E-state index contributed by atoms with van der Waals surface area (Å²) in [5.74, 6) is 0. The van der Waals surface area contributed by atoms with Gasteiger partial charge in [-0.15, -0.1) is 0 Å². The molecule has 1 aliphatic heterocycles. The van der Waals surface area contributed by atoms with Crippen molar-refractivity contribution < 1.29 is 13.3 Å². The molecule has 0 radical (unpaired) electrons. The van der Waals surface area contributed by atoms with Crippen molar-refractivity contribution in [2.24, 2.45) is 0 Å². The van der Waals surface area contributed by atoms with Crippen molar-refractivity contribution in [1.82, 2.24) is 4.72 Å². The minimum atomic E-state index is -3.62. The Labute approximate surface area is 105 Å². The highest BCUT2D eigenvalue weighted by molar-refractivity contribution is 7.90. The highest BCUT2D eigenvalue weighted by Gasteiger charge is 2.27. The Kier molecular flexibility index (Phi) is 3.22. The number of rotatable bonds is 3. The Morgan fingerprint density at radius 1 is 1.44 bits per heavy atom. The second-order valence-corrected chi connectivity index (χ2v) is 5.75. The van der Waals surface area contributed by atoms with Crippen molar-refractivity contribution in [3.63, 3.8) is 0 Å². The van der Waals surface area contributed by atoms with E-state index in [1.807, 2.05) is 0 Å². The van der Waals surface area contributed by atoms with E-state index < -0.39 is 15.1 Å². The van der Waals surface area contributed by atoms with Crippen LogP contribution >= 0.6 is 0 Å². The fourth-order valence-corrected chi connectivity index (χ4v) is 3.02. The highest BCUT2D eigenvalue weighted by Crippen LogP contribution is 2.32. The molecule has 1 heterocycles. The van der Waals surface area contributed by atoms with Crippen molar-refractivity contribution in [1.29, 1.82) is 0 Å². The van der Waals surface area contributed by atoms with Gasteiger partial charge in [0.2, 0.25) is 0 Å². The number of non-ortho nitro benzene ring substituents is 1. The first kappa shape index (κ1) is 12.8. The lowest BCUT2D eigenvalue weighted by Gasteiger charge is -2.29. The molecule has 1 aliphatic rings. The lowest BCUT2D eigenvalue weighted by Crippen LogP contribution is -2.41. The highest BCUT2D eigenvalue weighted by atomic mass is 32.2. The van der Waals surface area contributed by atoms with Crippen molar-refractivity contribution in [2.75, 3.05) is 17.9 Å². The quantitative estimate of drug-likeness (QED) is 0.650. The molecule has 0 saturated carbocycles. The molecular weight excluding hydrogens is 258 g/mol. The normalized spacial score (nSPS) is 15.3. The lowest BCUT2D eigenvalue weighted by atomic mass is 10.0. The number of benzene rings is 1. The third-order valence-corrected chi connectivity index (χ3v) is 4.38. The molecule has 1 aromatic rings. The third kappa shape index (κ3) is 2.16. The van der Waals surface area contributed by atoms with E-state index in [4.69, 9.17) is 0 Å². The fraction of sp³-hybridized carbons (Fsp3) is 0.400. The first-order chi connectivity index (χ1) is 8.45. The number of hydrogen-bond acceptors (Lipinski definition) is 4. The number of anilines is 1. The summed E-state index contributed by atoms with van der Waals surface area (Å²) in [6.45, 7) is 0.331. The van der Waals surface area contributed by atoms with E-state index in [1.165, 1.54) is 23.5 Å². The summed E-state index contributed by atoms with van der Waals surface area (Å²) >= 11 is 0. The van der Waals surface area contributed by atoms with Crippen LogP contribution in [-0.4, -0.2) is 26.9 Å². The molecule has 1 N–H and O–H groups in total. The van der Waals surface area contributed by atoms with Crippen LogP contribution in [0.5, 0.6) is 0 Å². The second kappa shape index (κ2) is 4.54. The maximum atomic E-state index is 11.8. The summed E-state index contributed by atoms with van der Waals surface area (Å²) in [7, 11) is -2.30. The molecule has 0 saturated heterocycles. The standard InChI is InChI=1S/C10H13N3O4S/c1-11-18(16,17)12-6-2-3-8-4-5-9(13(14)15)7-10(8)12/h4-5,7,11H,2-3,6H2,1H3. The molecule has 8 heteroatoms. The molecule has 7 nitrogen and oxygen atoms in total. The molecule has 2 rings (SSSR count). The number of fused-ring (bicyclic) bond motifs is 1. The van der Waals surface area contributed by atoms with Crippen molar-refractivity contribution in [2.45, 2.75) is 12.8 Å². The van der Waals surface area contributed by atoms with E-state index in [0.717, 1.165) is 12.0 Å². The lowest BCUT2D eigenvalue weighted by molar-refractivity contribution is -0.384. The zero-order valence-corrected chi connectivity index (χ0v) is 10.6. The molecule has 0 aliphatic carbocycles. The molecule has 98 valence electrons. The fourth-order valence-electron chi connectivity index (χ4n) is 2.00. The minimum Gasteiger partial charge on any atom is -0.258 e. The second-order valence-electron chi connectivity index (χ2n) is 3.95. The summed E-state index contributed by atoms with van der Waals surface area (Å²) in [5, 5.41) is 10.7. The summed E-state index contributed by atoms with van der Waals surface area (Å²) in [6.07, 6.45) is 1.43. The number of nitro groups is 1. The van der Waals surface area contributed by atoms with Gasteiger partial charge in [-0.3, -0.25) is 14.4 Å². The van der Waals surface area contributed by atoms with Gasteiger partial charge in [-0.1, -0.05) is 6.07 Å². The maximum Gasteiger partial charge on any atom is 0.301 e. The van der Waals surface area contributed by atoms with E-state index in [-0.39, 0.29) is 5.69 Å². The van der Waals surface area contributed by atoms with Crippen molar-refractivity contribution in [3.05, 3.63) is 33.9 Å². The van der Waals surface area contributed by atoms with Crippen LogP contribution in [0.3, 0.4) is 0 Å². The molecule has 0 fully saturated rings. The number of nitro benzene ring substituents is 1. The minimum absolute atomic E-state index is 0.105. The van der Waals surface area contributed by atoms with Crippen molar-refractivity contribution in [3.8, 4) is 0 Å². The average Bonchev–Trinajstić information content (AvgIpc) is 2.37. The van der Waals surface area contributed by atoms with Crippen LogP contribution in [0.1, 0.15) is 12.0 Å². The summed E-state index contributed by atoms with van der Waals surface area (Å²) in [5.41, 5.74) is 1.10. The number of hydrogen-bond donors (Lipinski definition) is 1. The van der Waals surface area contributed by atoms with Gasteiger partial charge in [0.05, 0.1) is 10.6 Å². The first-order valence-corrected chi connectivity index (χ1v) is 6.88. The van der Waals surface area contributed by atoms with Gasteiger partial charge < -0.3 is 0 Å². The van der Waals surface area contributed by atoms with E-state index in [1.54, 1.807) is 6.07 Å². The first-order valence-electron chi connectivity index (χ1n) is 5.44. The predicted molar refractivity (Wildman–Crippen MR) is 66.7 cm³/mol. The SMILES string of the molecule is CNS(=O)(=O)N1CCCc2ccc([N+](=O)[O-])cc21. The average molecular weight is 271 g/mol. The van der Waals surface area contributed by atoms with Crippen LogP contribution in [0.2, 0.25) is 0 Å². The topological polar surface area (TPSA) is 92.6 Å². The zero-order chi connectivity index (χ0) is 13.3. The Morgan fingerprint density at radius 3 is 2.78 bits per heavy atom.